The Morgan fingerprint density at radius 3 is 2.58 bits per heavy atom. The highest BCUT2D eigenvalue weighted by Gasteiger charge is 2.38. The van der Waals surface area contributed by atoms with Crippen LogP contribution in [-0.2, 0) is 0 Å². The minimum absolute atomic E-state index is 0.0543. The molecule has 0 aromatic heterocycles. The van der Waals surface area contributed by atoms with Crippen molar-refractivity contribution in [1.29, 1.82) is 0 Å². The van der Waals surface area contributed by atoms with E-state index in [1.165, 1.54) is 18.2 Å². The number of ketones is 1. The zero-order valence-corrected chi connectivity index (χ0v) is 11.1. The summed E-state index contributed by atoms with van der Waals surface area (Å²) in [6.07, 6.45) is 0. The SMILES string of the molecule is O=C1C(c2cccc(Br)c2)=[N+]([O-])c2c(F)cccc21. The van der Waals surface area contributed by atoms with Crippen molar-refractivity contribution >= 4 is 33.1 Å². The average molecular weight is 320 g/mol. The summed E-state index contributed by atoms with van der Waals surface area (Å²) in [5, 5.41) is 12.1. The lowest BCUT2D eigenvalue weighted by Crippen LogP contribution is -2.16. The first-order chi connectivity index (χ1) is 9.09. The summed E-state index contributed by atoms with van der Waals surface area (Å²) >= 11 is 3.28. The van der Waals surface area contributed by atoms with Crippen LogP contribution in [0.1, 0.15) is 15.9 Å². The zero-order chi connectivity index (χ0) is 13.6. The topological polar surface area (TPSA) is 43.1 Å². The Morgan fingerprint density at radius 1 is 1.16 bits per heavy atom. The molecule has 94 valence electrons. The van der Waals surface area contributed by atoms with Gasteiger partial charge in [-0.2, -0.15) is 9.13 Å². The molecule has 0 N–H and O–H groups in total. The second kappa shape index (κ2) is 4.28. The number of benzene rings is 2. The highest BCUT2D eigenvalue weighted by Crippen LogP contribution is 2.30. The molecule has 0 bridgehead atoms. The molecule has 2 aromatic carbocycles. The van der Waals surface area contributed by atoms with Crippen LogP contribution in [0, 0.1) is 11.0 Å². The first kappa shape index (κ1) is 12.0. The number of hydrogen-bond acceptors (Lipinski definition) is 2. The summed E-state index contributed by atoms with van der Waals surface area (Å²) in [4.78, 5) is 12.2. The maximum absolute atomic E-state index is 13.7. The third-order valence-corrected chi connectivity index (χ3v) is 3.44. The number of fused-ring (bicyclic) bond motifs is 1. The second-order valence-electron chi connectivity index (χ2n) is 4.12. The van der Waals surface area contributed by atoms with Gasteiger partial charge in [0.25, 0.3) is 17.2 Å². The zero-order valence-electron chi connectivity index (χ0n) is 9.56. The summed E-state index contributed by atoms with van der Waals surface area (Å²) in [7, 11) is 0. The second-order valence-corrected chi connectivity index (χ2v) is 5.03. The average Bonchev–Trinajstić information content (AvgIpc) is 2.63. The van der Waals surface area contributed by atoms with E-state index in [-0.39, 0.29) is 17.0 Å². The predicted molar refractivity (Wildman–Crippen MR) is 72.3 cm³/mol. The normalized spacial score (nSPS) is 13.9. The van der Waals surface area contributed by atoms with Crippen molar-refractivity contribution in [2.45, 2.75) is 0 Å². The lowest BCUT2D eigenvalue weighted by atomic mass is 10.0. The van der Waals surface area contributed by atoms with Crippen LogP contribution in [0.15, 0.2) is 46.9 Å². The van der Waals surface area contributed by atoms with Gasteiger partial charge in [0.2, 0.25) is 0 Å². The minimum atomic E-state index is -0.689. The maximum atomic E-state index is 13.7. The number of hydrogen-bond donors (Lipinski definition) is 0. The van der Waals surface area contributed by atoms with Crippen molar-refractivity contribution in [2.24, 2.45) is 0 Å². The molecular weight excluding hydrogens is 313 g/mol. The molecule has 19 heavy (non-hydrogen) atoms. The van der Waals surface area contributed by atoms with Gasteiger partial charge in [-0.15, -0.1) is 0 Å². The molecule has 0 aliphatic carbocycles. The number of carbonyl (C=O) groups excluding carboxylic acids is 1. The van der Waals surface area contributed by atoms with Crippen LogP contribution in [0.25, 0.3) is 0 Å². The Morgan fingerprint density at radius 2 is 1.89 bits per heavy atom. The van der Waals surface area contributed by atoms with Crippen LogP contribution in [0.4, 0.5) is 10.1 Å². The van der Waals surface area contributed by atoms with Gasteiger partial charge >= 0.3 is 0 Å². The molecule has 1 aliphatic heterocycles. The van der Waals surface area contributed by atoms with E-state index in [4.69, 9.17) is 0 Å². The number of rotatable bonds is 1. The van der Waals surface area contributed by atoms with E-state index in [0.717, 1.165) is 4.47 Å². The Bertz CT molecular complexity index is 740. The fourth-order valence-corrected chi connectivity index (χ4v) is 2.52. The third-order valence-electron chi connectivity index (χ3n) is 2.95. The van der Waals surface area contributed by atoms with E-state index in [0.29, 0.717) is 10.3 Å². The van der Waals surface area contributed by atoms with Crippen molar-refractivity contribution in [3.63, 3.8) is 0 Å². The van der Waals surface area contributed by atoms with Gasteiger partial charge in [-0.05, 0) is 30.3 Å². The Labute approximate surface area is 116 Å². The van der Waals surface area contributed by atoms with Crippen LogP contribution in [0.5, 0.6) is 0 Å². The van der Waals surface area contributed by atoms with Gasteiger partial charge in [-0.1, -0.05) is 28.1 Å². The smallest absolute Gasteiger partial charge is 0.273 e. The molecule has 1 heterocycles. The number of carbonyl (C=O) groups is 1. The molecule has 0 fully saturated rings. The summed E-state index contributed by atoms with van der Waals surface area (Å²) in [5.41, 5.74) is 0.304. The molecule has 1 aliphatic rings. The number of para-hydroxylation sites is 1. The lowest BCUT2D eigenvalue weighted by molar-refractivity contribution is -0.358. The van der Waals surface area contributed by atoms with Crippen molar-refractivity contribution in [2.75, 3.05) is 0 Å². The molecule has 0 saturated heterocycles. The largest absolute Gasteiger partial charge is 0.618 e. The van der Waals surface area contributed by atoms with Gasteiger partial charge in [-0.3, -0.25) is 4.79 Å². The molecule has 0 radical (unpaired) electrons. The van der Waals surface area contributed by atoms with E-state index < -0.39 is 11.6 Å². The molecule has 0 unspecified atom stereocenters. The van der Waals surface area contributed by atoms with E-state index >= 15 is 0 Å². The molecule has 3 rings (SSSR count). The van der Waals surface area contributed by atoms with Crippen LogP contribution in [0.2, 0.25) is 0 Å². The lowest BCUT2D eigenvalue weighted by Gasteiger charge is -2.02. The summed E-state index contributed by atoms with van der Waals surface area (Å²) in [6.45, 7) is 0. The maximum Gasteiger partial charge on any atom is 0.273 e. The Balaban J connectivity index is 2.25. The molecule has 0 amide bonds. The van der Waals surface area contributed by atoms with Gasteiger partial charge in [0.1, 0.15) is 5.56 Å². The fourth-order valence-electron chi connectivity index (χ4n) is 2.12. The summed E-state index contributed by atoms with van der Waals surface area (Å²) in [6, 6.07) is 10.8. The van der Waals surface area contributed by atoms with E-state index in [2.05, 4.69) is 15.9 Å². The van der Waals surface area contributed by atoms with Crippen LogP contribution in [-0.4, -0.2) is 16.2 Å². The minimum Gasteiger partial charge on any atom is -0.618 e. The van der Waals surface area contributed by atoms with Gasteiger partial charge < -0.3 is 5.21 Å². The van der Waals surface area contributed by atoms with Crippen molar-refractivity contribution in [3.05, 3.63) is 69.1 Å². The highest BCUT2D eigenvalue weighted by atomic mass is 79.9. The molecule has 5 heteroatoms. The van der Waals surface area contributed by atoms with E-state index in [1.54, 1.807) is 24.3 Å². The van der Waals surface area contributed by atoms with E-state index in [9.17, 15) is 14.4 Å². The van der Waals surface area contributed by atoms with E-state index in [1.807, 2.05) is 0 Å². The number of halogens is 2. The standard InChI is InChI=1S/C14H7BrFNO2/c15-9-4-1-3-8(7-9)12-14(18)10-5-2-6-11(16)13(10)17(12)19/h1-7H. The quantitative estimate of drug-likeness (QED) is 0.597. The van der Waals surface area contributed by atoms with Gasteiger partial charge in [0.15, 0.2) is 5.82 Å². The van der Waals surface area contributed by atoms with Crippen LogP contribution < -0.4 is 0 Å². The molecule has 0 spiro atoms. The molecule has 0 atom stereocenters. The monoisotopic (exact) mass is 319 g/mol. The number of nitrogens with zero attached hydrogens (tertiary/aromatic N) is 1. The van der Waals surface area contributed by atoms with Crippen molar-refractivity contribution < 1.29 is 13.9 Å². The van der Waals surface area contributed by atoms with Crippen LogP contribution in [0.3, 0.4) is 0 Å². The first-order valence-electron chi connectivity index (χ1n) is 5.53. The van der Waals surface area contributed by atoms with Gasteiger partial charge in [0, 0.05) is 4.47 Å². The van der Waals surface area contributed by atoms with Crippen molar-refractivity contribution in [1.82, 2.24) is 0 Å². The number of Topliss-reactive ketones (excluding diaryl/α,β-unsaturated/α-hetero) is 1. The first-order valence-corrected chi connectivity index (χ1v) is 6.32. The van der Waals surface area contributed by atoms with Gasteiger partial charge in [-0.25, -0.2) is 0 Å². The Kier molecular flexibility index (Phi) is 2.71. The third kappa shape index (κ3) is 1.77. The summed E-state index contributed by atoms with van der Waals surface area (Å²) in [5.74, 6) is -1.14. The van der Waals surface area contributed by atoms with Crippen molar-refractivity contribution in [3.8, 4) is 0 Å². The Hall–Kier alpha value is -2.01. The van der Waals surface area contributed by atoms with Crippen LogP contribution >= 0.6 is 15.9 Å². The molecule has 0 saturated carbocycles. The fraction of sp³-hybridized carbons (Fsp3) is 0. The molecular formula is C14H7BrFNO2. The highest BCUT2D eigenvalue weighted by molar-refractivity contribution is 9.10. The summed E-state index contributed by atoms with van der Waals surface area (Å²) < 4.78 is 14.8. The predicted octanol–water partition coefficient (Wildman–Crippen LogP) is 3.42. The van der Waals surface area contributed by atoms with Gasteiger partial charge in [0.05, 0.1) is 5.56 Å². The molecule has 3 nitrogen and oxygen atoms in total. The molecule has 2 aromatic rings.